The predicted octanol–water partition coefficient (Wildman–Crippen LogP) is 3.47. The number of amides is 2. The van der Waals surface area contributed by atoms with E-state index < -0.39 is 23.0 Å². The lowest BCUT2D eigenvalue weighted by Gasteiger charge is -2.14. The van der Waals surface area contributed by atoms with Gasteiger partial charge in [-0.2, -0.15) is 0 Å². The number of para-hydroxylation sites is 1. The summed E-state index contributed by atoms with van der Waals surface area (Å²) in [6.07, 6.45) is 1.97. The SMILES string of the molecule is O=C(CCCCn1c(=O)c2ccccc2n(CC(=O)Nc2ccc(F)cc2)c1=O)NCCc1ccccc1. The molecule has 1 aromatic heterocycles. The van der Waals surface area contributed by atoms with Crippen molar-refractivity contribution in [3.8, 4) is 0 Å². The molecule has 0 unspecified atom stereocenters. The summed E-state index contributed by atoms with van der Waals surface area (Å²) in [5.41, 5.74) is 0.851. The zero-order valence-corrected chi connectivity index (χ0v) is 20.9. The first-order valence-electron chi connectivity index (χ1n) is 12.5. The van der Waals surface area contributed by atoms with Crippen molar-refractivity contribution in [2.24, 2.45) is 0 Å². The van der Waals surface area contributed by atoms with Gasteiger partial charge in [0.15, 0.2) is 0 Å². The molecule has 0 aliphatic heterocycles. The molecule has 0 aliphatic rings. The smallest absolute Gasteiger partial charge is 0.331 e. The van der Waals surface area contributed by atoms with Gasteiger partial charge in [-0.3, -0.25) is 23.5 Å². The Morgan fingerprint density at radius 3 is 2.26 bits per heavy atom. The van der Waals surface area contributed by atoms with E-state index in [0.717, 1.165) is 16.6 Å². The molecule has 0 saturated heterocycles. The highest BCUT2D eigenvalue weighted by Crippen LogP contribution is 2.11. The Morgan fingerprint density at radius 2 is 1.50 bits per heavy atom. The summed E-state index contributed by atoms with van der Waals surface area (Å²) >= 11 is 0. The number of nitrogens with one attached hydrogen (secondary N) is 2. The monoisotopic (exact) mass is 516 g/mol. The van der Waals surface area contributed by atoms with Crippen molar-refractivity contribution in [2.75, 3.05) is 11.9 Å². The van der Waals surface area contributed by atoms with Crippen LogP contribution < -0.4 is 21.9 Å². The van der Waals surface area contributed by atoms with Crippen LogP contribution in [0.4, 0.5) is 10.1 Å². The number of nitrogens with zero attached hydrogens (tertiary/aromatic N) is 2. The van der Waals surface area contributed by atoms with Crippen LogP contribution in [0.25, 0.3) is 10.9 Å². The van der Waals surface area contributed by atoms with E-state index in [2.05, 4.69) is 10.6 Å². The fourth-order valence-electron chi connectivity index (χ4n) is 4.23. The predicted molar refractivity (Wildman–Crippen MR) is 145 cm³/mol. The van der Waals surface area contributed by atoms with Crippen LogP contribution in [0.2, 0.25) is 0 Å². The molecule has 0 aliphatic carbocycles. The van der Waals surface area contributed by atoms with Gasteiger partial charge in [-0.25, -0.2) is 9.18 Å². The second kappa shape index (κ2) is 12.6. The maximum absolute atomic E-state index is 13.3. The average Bonchev–Trinajstić information content (AvgIpc) is 2.92. The highest BCUT2D eigenvalue weighted by Gasteiger charge is 2.15. The Kier molecular flexibility index (Phi) is 8.81. The van der Waals surface area contributed by atoms with Gasteiger partial charge in [0.05, 0.1) is 10.9 Å². The van der Waals surface area contributed by atoms with Crippen LogP contribution in [0.1, 0.15) is 24.8 Å². The molecule has 0 fully saturated rings. The number of halogens is 1. The van der Waals surface area contributed by atoms with Crippen LogP contribution in [0.3, 0.4) is 0 Å². The van der Waals surface area contributed by atoms with Crippen LogP contribution in [0.5, 0.6) is 0 Å². The molecule has 196 valence electrons. The molecule has 1 heterocycles. The Morgan fingerprint density at radius 1 is 0.789 bits per heavy atom. The molecule has 38 heavy (non-hydrogen) atoms. The molecule has 0 spiro atoms. The summed E-state index contributed by atoms with van der Waals surface area (Å²) in [6, 6.07) is 21.8. The first-order valence-corrected chi connectivity index (χ1v) is 12.5. The summed E-state index contributed by atoms with van der Waals surface area (Å²) in [5, 5.41) is 5.85. The molecular formula is C29H29FN4O4. The van der Waals surface area contributed by atoms with Crippen LogP contribution >= 0.6 is 0 Å². The number of carbonyl (C=O) groups excluding carboxylic acids is 2. The molecule has 9 heteroatoms. The minimum Gasteiger partial charge on any atom is -0.356 e. The Balaban J connectivity index is 1.39. The molecule has 0 radical (unpaired) electrons. The molecule has 0 atom stereocenters. The molecule has 4 aromatic rings. The van der Waals surface area contributed by atoms with Gasteiger partial charge in [-0.1, -0.05) is 42.5 Å². The van der Waals surface area contributed by atoms with Gasteiger partial charge >= 0.3 is 5.69 Å². The number of rotatable bonds is 11. The molecule has 2 N–H and O–H groups in total. The summed E-state index contributed by atoms with van der Waals surface area (Å²) in [5.74, 6) is -0.996. The van der Waals surface area contributed by atoms with Crippen molar-refractivity contribution in [1.29, 1.82) is 0 Å². The fraction of sp³-hybridized carbons (Fsp3) is 0.241. The van der Waals surface area contributed by atoms with Gasteiger partial charge < -0.3 is 10.6 Å². The minimum absolute atomic E-state index is 0.0818. The van der Waals surface area contributed by atoms with Crippen molar-refractivity contribution in [2.45, 2.75) is 38.8 Å². The second-order valence-electron chi connectivity index (χ2n) is 8.94. The van der Waals surface area contributed by atoms with Gasteiger partial charge in [0, 0.05) is 25.2 Å². The second-order valence-corrected chi connectivity index (χ2v) is 8.94. The van der Waals surface area contributed by atoms with E-state index in [1.807, 2.05) is 30.3 Å². The zero-order chi connectivity index (χ0) is 26.9. The Hall–Kier alpha value is -4.53. The third-order valence-corrected chi connectivity index (χ3v) is 6.18. The molecule has 0 bridgehead atoms. The maximum Gasteiger partial charge on any atom is 0.331 e. The number of anilines is 1. The van der Waals surface area contributed by atoms with Crippen molar-refractivity contribution in [1.82, 2.24) is 14.5 Å². The van der Waals surface area contributed by atoms with Crippen molar-refractivity contribution in [3.63, 3.8) is 0 Å². The van der Waals surface area contributed by atoms with E-state index in [-0.39, 0.29) is 25.4 Å². The number of hydrogen-bond acceptors (Lipinski definition) is 4. The van der Waals surface area contributed by atoms with Gasteiger partial charge in [-0.05, 0) is 61.2 Å². The third-order valence-electron chi connectivity index (χ3n) is 6.18. The highest BCUT2D eigenvalue weighted by atomic mass is 19.1. The van der Waals surface area contributed by atoms with Crippen LogP contribution in [-0.2, 0) is 29.1 Å². The van der Waals surface area contributed by atoms with E-state index in [4.69, 9.17) is 0 Å². The number of unbranched alkanes of at least 4 members (excludes halogenated alkanes) is 1. The highest BCUT2D eigenvalue weighted by molar-refractivity contribution is 5.91. The van der Waals surface area contributed by atoms with Gasteiger partial charge in [0.25, 0.3) is 5.56 Å². The Bertz CT molecular complexity index is 1530. The molecular weight excluding hydrogens is 487 g/mol. The summed E-state index contributed by atoms with van der Waals surface area (Å²) in [6.45, 7) is 0.345. The first kappa shape index (κ1) is 26.5. The average molecular weight is 517 g/mol. The van der Waals surface area contributed by atoms with E-state index in [9.17, 15) is 23.6 Å². The van der Waals surface area contributed by atoms with Crippen LogP contribution in [0, 0.1) is 5.82 Å². The summed E-state index contributed by atoms with van der Waals surface area (Å²) in [4.78, 5) is 51.2. The van der Waals surface area contributed by atoms with E-state index in [0.29, 0.717) is 36.0 Å². The number of benzene rings is 3. The van der Waals surface area contributed by atoms with Crippen molar-refractivity contribution in [3.05, 3.63) is 111 Å². The van der Waals surface area contributed by atoms with E-state index in [1.54, 1.807) is 24.3 Å². The zero-order valence-electron chi connectivity index (χ0n) is 20.9. The number of hydrogen-bond donors (Lipinski definition) is 2. The quantitative estimate of drug-likeness (QED) is 0.298. The van der Waals surface area contributed by atoms with Crippen molar-refractivity contribution >= 4 is 28.4 Å². The lowest BCUT2D eigenvalue weighted by molar-refractivity contribution is -0.121. The number of fused-ring (bicyclic) bond motifs is 1. The summed E-state index contributed by atoms with van der Waals surface area (Å²) in [7, 11) is 0. The van der Waals surface area contributed by atoms with E-state index >= 15 is 0 Å². The van der Waals surface area contributed by atoms with Gasteiger partial charge in [-0.15, -0.1) is 0 Å². The van der Waals surface area contributed by atoms with Crippen LogP contribution in [-0.4, -0.2) is 27.5 Å². The lowest BCUT2D eigenvalue weighted by Crippen LogP contribution is -2.41. The van der Waals surface area contributed by atoms with E-state index in [1.165, 1.54) is 28.8 Å². The first-order chi connectivity index (χ1) is 18.4. The van der Waals surface area contributed by atoms with Gasteiger partial charge in [0.2, 0.25) is 11.8 Å². The fourth-order valence-corrected chi connectivity index (χ4v) is 4.23. The van der Waals surface area contributed by atoms with Crippen molar-refractivity contribution < 1.29 is 14.0 Å². The Labute approximate surface area is 218 Å². The molecule has 0 saturated carbocycles. The number of aromatic nitrogens is 2. The topological polar surface area (TPSA) is 102 Å². The summed E-state index contributed by atoms with van der Waals surface area (Å²) < 4.78 is 15.5. The third kappa shape index (κ3) is 6.82. The number of carbonyl (C=O) groups is 2. The van der Waals surface area contributed by atoms with Crippen LogP contribution in [0.15, 0.2) is 88.5 Å². The lowest BCUT2D eigenvalue weighted by atomic mass is 10.1. The molecule has 2 amide bonds. The normalized spacial score (nSPS) is 10.9. The molecule has 4 rings (SSSR count). The minimum atomic E-state index is -0.602. The molecule has 3 aromatic carbocycles. The maximum atomic E-state index is 13.3. The van der Waals surface area contributed by atoms with Gasteiger partial charge in [0.1, 0.15) is 12.4 Å². The molecule has 8 nitrogen and oxygen atoms in total. The largest absolute Gasteiger partial charge is 0.356 e. The standard InChI is InChI=1S/C29H29FN4O4/c30-22-13-15-23(16-14-22)32-27(36)20-34-25-11-5-4-10-24(25)28(37)33(29(34)38)19-7-6-12-26(35)31-18-17-21-8-2-1-3-9-21/h1-5,8-11,13-16H,6-7,12,17-20H2,(H,31,35)(H,32,36).